The summed E-state index contributed by atoms with van der Waals surface area (Å²) in [4.78, 5) is 8.50. The largest absolute Gasteiger partial charge is 0.489 e. The van der Waals surface area contributed by atoms with E-state index in [-0.39, 0.29) is 0 Å². The topological polar surface area (TPSA) is 39.9 Å². The maximum atomic E-state index is 6.16. The lowest BCUT2D eigenvalue weighted by molar-refractivity contribution is 0.303. The van der Waals surface area contributed by atoms with Crippen molar-refractivity contribution in [3.05, 3.63) is 71.3 Å². The number of imidazole rings is 1. The second-order valence-electron chi connectivity index (χ2n) is 5.19. The van der Waals surface area contributed by atoms with Crippen molar-refractivity contribution in [2.45, 2.75) is 31.0 Å². The number of aromatic nitrogens is 3. The Labute approximate surface area is 150 Å². The van der Waals surface area contributed by atoms with Gasteiger partial charge in [0.05, 0.1) is 0 Å². The lowest BCUT2D eigenvalue weighted by Crippen LogP contribution is -1.99. The first-order chi connectivity index (χ1) is 11.8. The molecular weight excluding hydrogens is 342 g/mol. The van der Waals surface area contributed by atoms with Crippen molar-refractivity contribution in [3.8, 4) is 5.75 Å². The molecule has 0 aliphatic rings. The van der Waals surface area contributed by atoms with Crippen molar-refractivity contribution >= 4 is 23.4 Å². The number of nitrogens with zero attached hydrogens (tertiary/aromatic N) is 3. The first-order valence-electron chi connectivity index (χ1n) is 7.70. The molecule has 0 amide bonds. The number of aryl methyl sites for hydroxylation is 1. The molecule has 0 radical (unpaired) electrons. The van der Waals surface area contributed by atoms with Crippen LogP contribution in [-0.4, -0.2) is 14.5 Å². The van der Waals surface area contributed by atoms with Crippen LogP contribution in [0.5, 0.6) is 5.75 Å². The lowest BCUT2D eigenvalue weighted by atomic mass is 10.2. The van der Waals surface area contributed by atoms with E-state index in [1.807, 2.05) is 48.9 Å². The van der Waals surface area contributed by atoms with E-state index in [0.29, 0.717) is 11.6 Å². The minimum absolute atomic E-state index is 0.483. The van der Waals surface area contributed by atoms with Gasteiger partial charge in [-0.3, -0.25) is 4.98 Å². The third-order valence-corrected chi connectivity index (χ3v) is 4.80. The SMILES string of the molecule is CCn1ccnc1SCc1cc(Cl)ccc1OCc1cccnc1. The normalized spacial score (nSPS) is 10.8. The van der Waals surface area contributed by atoms with Gasteiger partial charge in [0.2, 0.25) is 0 Å². The summed E-state index contributed by atoms with van der Waals surface area (Å²) in [5, 5.41) is 1.70. The predicted molar refractivity (Wildman–Crippen MR) is 97.5 cm³/mol. The third kappa shape index (κ3) is 4.30. The van der Waals surface area contributed by atoms with Gasteiger partial charge in [0.15, 0.2) is 5.16 Å². The minimum atomic E-state index is 0.483. The molecule has 0 spiro atoms. The molecule has 0 unspecified atom stereocenters. The number of pyridine rings is 1. The Bertz CT molecular complexity index is 792. The Morgan fingerprint density at radius 3 is 2.96 bits per heavy atom. The van der Waals surface area contributed by atoms with Crippen LogP contribution in [-0.2, 0) is 18.9 Å². The van der Waals surface area contributed by atoms with Crippen LogP contribution in [0.3, 0.4) is 0 Å². The highest BCUT2D eigenvalue weighted by Gasteiger charge is 2.09. The van der Waals surface area contributed by atoms with E-state index in [1.54, 1.807) is 18.0 Å². The molecule has 0 aliphatic heterocycles. The van der Waals surface area contributed by atoms with Gasteiger partial charge >= 0.3 is 0 Å². The van der Waals surface area contributed by atoms with Crippen LogP contribution in [0.15, 0.2) is 60.3 Å². The zero-order valence-electron chi connectivity index (χ0n) is 13.4. The Balaban J connectivity index is 1.71. The summed E-state index contributed by atoms with van der Waals surface area (Å²) in [6.07, 6.45) is 7.37. The van der Waals surface area contributed by atoms with Crippen molar-refractivity contribution in [2.24, 2.45) is 0 Å². The number of hydrogen-bond acceptors (Lipinski definition) is 4. The molecule has 0 fully saturated rings. The van der Waals surface area contributed by atoms with E-state index < -0.39 is 0 Å². The first kappa shape index (κ1) is 16.9. The van der Waals surface area contributed by atoms with Crippen LogP contribution in [0.4, 0.5) is 0 Å². The van der Waals surface area contributed by atoms with Crippen molar-refractivity contribution < 1.29 is 4.74 Å². The van der Waals surface area contributed by atoms with E-state index in [4.69, 9.17) is 16.3 Å². The maximum absolute atomic E-state index is 6.16. The molecule has 1 aromatic carbocycles. The lowest BCUT2D eigenvalue weighted by Gasteiger charge is -2.12. The second kappa shape index (κ2) is 8.22. The Morgan fingerprint density at radius 1 is 1.25 bits per heavy atom. The van der Waals surface area contributed by atoms with Crippen molar-refractivity contribution in [3.63, 3.8) is 0 Å². The van der Waals surface area contributed by atoms with Crippen molar-refractivity contribution in [1.82, 2.24) is 14.5 Å². The summed E-state index contributed by atoms with van der Waals surface area (Å²) in [6.45, 7) is 3.49. The summed E-state index contributed by atoms with van der Waals surface area (Å²) in [7, 11) is 0. The fourth-order valence-corrected chi connectivity index (χ4v) is 3.46. The maximum Gasteiger partial charge on any atom is 0.168 e. The monoisotopic (exact) mass is 359 g/mol. The zero-order valence-corrected chi connectivity index (χ0v) is 14.9. The fraction of sp³-hybridized carbons (Fsp3) is 0.222. The molecule has 24 heavy (non-hydrogen) atoms. The van der Waals surface area contributed by atoms with Crippen LogP contribution < -0.4 is 4.74 Å². The molecule has 3 aromatic rings. The Morgan fingerprint density at radius 2 is 2.17 bits per heavy atom. The molecule has 2 aromatic heterocycles. The molecule has 0 aliphatic carbocycles. The Kier molecular flexibility index (Phi) is 5.77. The van der Waals surface area contributed by atoms with Crippen LogP contribution in [0.25, 0.3) is 0 Å². The summed E-state index contributed by atoms with van der Waals surface area (Å²) < 4.78 is 8.08. The van der Waals surface area contributed by atoms with Gasteiger partial charge in [0, 0.05) is 53.2 Å². The van der Waals surface area contributed by atoms with Crippen LogP contribution in [0.1, 0.15) is 18.1 Å². The van der Waals surface area contributed by atoms with Crippen molar-refractivity contribution in [1.29, 1.82) is 0 Å². The average molecular weight is 360 g/mol. The molecule has 0 bridgehead atoms. The van der Waals surface area contributed by atoms with E-state index in [0.717, 1.165) is 34.3 Å². The standard InChI is InChI=1S/C18H18ClN3OS/c1-2-22-9-8-21-18(22)24-13-15-10-16(19)5-6-17(15)23-12-14-4-3-7-20-11-14/h3-11H,2,12-13H2,1H3. The van der Waals surface area contributed by atoms with Gasteiger partial charge in [0.1, 0.15) is 12.4 Å². The van der Waals surface area contributed by atoms with E-state index in [9.17, 15) is 0 Å². The Hall–Kier alpha value is -1.98. The molecule has 2 heterocycles. The quantitative estimate of drug-likeness (QED) is 0.567. The molecule has 4 nitrogen and oxygen atoms in total. The predicted octanol–water partition coefficient (Wildman–Crippen LogP) is 4.82. The highest BCUT2D eigenvalue weighted by Crippen LogP contribution is 2.30. The van der Waals surface area contributed by atoms with Gasteiger partial charge in [0.25, 0.3) is 0 Å². The number of thioether (sulfide) groups is 1. The second-order valence-corrected chi connectivity index (χ2v) is 6.57. The van der Waals surface area contributed by atoms with Gasteiger partial charge in [-0.25, -0.2) is 4.98 Å². The molecule has 0 saturated carbocycles. The number of benzene rings is 1. The van der Waals surface area contributed by atoms with Gasteiger partial charge in [-0.2, -0.15) is 0 Å². The highest BCUT2D eigenvalue weighted by molar-refractivity contribution is 7.98. The number of hydrogen-bond donors (Lipinski definition) is 0. The molecule has 124 valence electrons. The smallest absolute Gasteiger partial charge is 0.168 e. The van der Waals surface area contributed by atoms with Crippen LogP contribution in [0.2, 0.25) is 5.02 Å². The number of ether oxygens (including phenoxy) is 1. The molecule has 6 heteroatoms. The van der Waals surface area contributed by atoms with Crippen molar-refractivity contribution in [2.75, 3.05) is 0 Å². The summed E-state index contributed by atoms with van der Waals surface area (Å²) >= 11 is 7.83. The molecule has 0 atom stereocenters. The van der Waals surface area contributed by atoms with Crippen LogP contribution >= 0.6 is 23.4 Å². The van der Waals surface area contributed by atoms with Crippen LogP contribution in [0, 0.1) is 0 Å². The van der Waals surface area contributed by atoms with Gasteiger partial charge in [-0.1, -0.05) is 29.4 Å². The molecule has 3 rings (SSSR count). The van der Waals surface area contributed by atoms with E-state index >= 15 is 0 Å². The van der Waals surface area contributed by atoms with Gasteiger partial charge < -0.3 is 9.30 Å². The highest BCUT2D eigenvalue weighted by atomic mass is 35.5. The fourth-order valence-electron chi connectivity index (χ4n) is 2.26. The summed E-state index contributed by atoms with van der Waals surface area (Å²) in [5.41, 5.74) is 2.09. The van der Waals surface area contributed by atoms with Gasteiger partial charge in [-0.05, 0) is 31.2 Å². The zero-order chi connectivity index (χ0) is 16.8. The molecule has 0 saturated heterocycles. The number of halogens is 1. The third-order valence-electron chi connectivity index (χ3n) is 3.51. The first-order valence-corrected chi connectivity index (χ1v) is 9.06. The van der Waals surface area contributed by atoms with E-state index in [2.05, 4.69) is 21.5 Å². The summed E-state index contributed by atoms with van der Waals surface area (Å²) in [5.74, 6) is 1.59. The number of rotatable bonds is 7. The van der Waals surface area contributed by atoms with E-state index in [1.165, 1.54) is 0 Å². The minimum Gasteiger partial charge on any atom is -0.489 e. The van der Waals surface area contributed by atoms with Gasteiger partial charge in [-0.15, -0.1) is 0 Å². The molecule has 0 N–H and O–H groups in total. The summed E-state index contributed by atoms with van der Waals surface area (Å²) in [6, 6.07) is 9.62. The average Bonchev–Trinajstić information content (AvgIpc) is 3.07. The molecular formula is C18H18ClN3OS.